The molecule has 3 rings (SSSR count). The lowest BCUT2D eigenvalue weighted by Crippen LogP contribution is -2.45. The van der Waals surface area contributed by atoms with Gasteiger partial charge in [0.2, 0.25) is 0 Å². The Morgan fingerprint density at radius 3 is 2.93 bits per heavy atom. The van der Waals surface area contributed by atoms with Crippen molar-refractivity contribution in [1.82, 2.24) is 9.80 Å². The third-order valence-electron chi connectivity index (χ3n) is 5.34. The molecule has 27 heavy (non-hydrogen) atoms. The van der Waals surface area contributed by atoms with Gasteiger partial charge in [0.15, 0.2) is 6.61 Å². The number of aliphatic hydroxyl groups is 1. The van der Waals surface area contributed by atoms with Crippen molar-refractivity contribution in [2.24, 2.45) is 0 Å². The Morgan fingerprint density at radius 2 is 2.19 bits per heavy atom. The monoisotopic (exact) mass is 374 g/mol. The van der Waals surface area contributed by atoms with Crippen molar-refractivity contribution in [3.05, 3.63) is 40.2 Å². The maximum Gasteiger partial charge on any atom is 0.336 e. The van der Waals surface area contributed by atoms with E-state index in [0.29, 0.717) is 24.4 Å². The molecule has 1 saturated heterocycles. The van der Waals surface area contributed by atoms with E-state index in [9.17, 15) is 9.59 Å². The van der Waals surface area contributed by atoms with Gasteiger partial charge in [-0.05, 0) is 51.1 Å². The largest absolute Gasteiger partial charge is 0.484 e. The first kappa shape index (κ1) is 19.4. The van der Waals surface area contributed by atoms with Gasteiger partial charge < -0.3 is 19.2 Å². The highest BCUT2D eigenvalue weighted by Gasteiger charge is 2.35. The number of amides is 1. The maximum atomic E-state index is 12.6. The summed E-state index contributed by atoms with van der Waals surface area (Å²) in [6.45, 7) is 5.22. The molecule has 1 aromatic heterocycles. The van der Waals surface area contributed by atoms with Gasteiger partial charge in [0.25, 0.3) is 5.91 Å². The second kappa shape index (κ2) is 8.10. The van der Waals surface area contributed by atoms with Crippen molar-refractivity contribution < 1.29 is 19.1 Å². The lowest BCUT2D eigenvalue weighted by Gasteiger charge is -2.30. The topological polar surface area (TPSA) is 83.2 Å². The van der Waals surface area contributed by atoms with Crippen LogP contribution in [0, 0.1) is 6.92 Å². The van der Waals surface area contributed by atoms with Gasteiger partial charge in [0.1, 0.15) is 11.3 Å². The second-order valence-electron chi connectivity index (χ2n) is 7.08. The smallest absolute Gasteiger partial charge is 0.336 e. The van der Waals surface area contributed by atoms with Gasteiger partial charge in [-0.25, -0.2) is 4.79 Å². The predicted molar refractivity (Wildman–Crippen MR) is 102 cm³/mol. The van der Waals surface area contributed by atoms with Gasteiger partial charge in [-0.1, -0.05) is 0 Å². The van der Waals surface area contributed by atoms with Crippen LogP contribution in [0.25, 0.3) is 11.0 Å². The summed E-state index contributed by atoms with van der Waals surface area (Å²) in [5.41, 5.74) is 0.926. The number of likely N-dealkylation sites (N-methyl/N-ethyl adjacent to an activating group) is 1. The van der Waals surface area contributed by atoms with E-state index in [2.05, 4.69) is 4.90 Å². The highest BCUT2D eigenvalue weighted by molar-refractivity contribution is 5.82. The Morgan fingerprint density at radius 1 is 1.41 bits per heavy atom. The first-order chi connectivity index (χ1) is 12.9. The molecule has 1 fully saturated rings. The van der Waals surface area contributed by atoms with Gasteiger partial charge in [0, 0.05) is 36.6 Å². The molecule has 0 radical (unpaired) electrons. The number of carbonyl (C=O) groups is 1. The molecule has 146 valence electrons. The number of hydrogen-bond acceptors (Lipinski definition) is 6. The first-order valence-corrected chi connectivity index (χ1v) is 9.18. The average molecular weight is 374 g/mol. The summed E-state index contributed by atoms with van der Waals surface area (Å²) in [5, 5.41) is 9.90. The highest BCUT2D eigenvalue weighted by Crippen LogP contribution is 2.24. The fourth-order valence-electron chi connectivity index (χ4n) is 3.80. The highest BCUT2D eigenvalue weighted by atomic mass is 16.5. The fourth-order valence-corrected chi connectivity index (χ4v) is 3.80. The van der Waals surface area contributed by atoms with Crippen molar-refractivity contribution >= 4 is 16.9 Å². The van der Waals surface area contributed by atoms with Crippen molar-refractivity contribution in [3.63, 3.8) is 0 Å². The summed E-state index contributed by atoms with van der Waals surface area (Å²) < 4.78 is 10.9. The van der Waals surface area contributed by atoms with Crippen LogP contribution in [0.1, 0.15) is 18.9 Å². The number of rotatable bonds is 6. The van der Waals surface area contributed by atoms with E-state index in [1.165, 1.54) is 6.07 Å². The van der Waals surface area contributed by atoms with E-state index in [0.717, 1.165) is 17.4 Å². The summed E-state index contributed by atoms with van der Waals surface area (Å²) in [4.78, 5) is 28.0. The van der Waals surface area contributed by atoms with E-state index in [-0.39, 0.29) is 36.8 Å². The minimum Gasteiger partial charge on any atom is -0.484 e. The molecular formula is C20H26N2O5. The van der Waals surface area contributed by atoms with Gasteiger partial charge in [0.05, 0.1) is 6.61 Å². The maximum absolute atomic E-state index is 12.6. The molecule has 0 unspecified atom stereocenters. The Balaban J connectivity index is 1.64. The van der Waals surface area contributed by atoms with E-state index < -0.39 is 0 Å². The minimum atomic E-state index is -0.382. The summed E-state index contributed by atoms with van der Waals surface area (Å²) in [6.07, 6.45) is 0.887. The van der Waals surface area contributed by atoms with Crippen LogP contribution in [0.15, 0.2) is 33.5 Å². The van der Waals surface area contributed by atoms with Crippen LogP contribution in [-0.2, 0) is 4.79 Å². The van der Waals surface area contributed by atoms with Gasteiger partial charge in [-0.15, -0.1) is 0 Å². The van der Waals surface area contributed by atoms with E-state index in [4.69, 9.17) is 14.3 Å². The Labute approximate surface area is 158 Å². The number of benzene rings is 1. The van der Waals surface area contributed by atoms with Crippen molar-refractivity contribution in [3.8, 4) is 5.75 Å². The van der Waals surface area contributed by atoms with Gasteiger partial charge >= 0.3 is 5.63 Å². The number of carbonyl (C=O) groups excluding carboxylic acids is 1. The molecule has 1 aliphatic heterocycles. The number of nitrogens with zero attached hydrogens (tertiary/aromatic N) is 2. The molecule has 2 heterocycles. The molecule has 0 spiro atoms. The van der Waals surface area contributed by atoms with Crippen LogP contribution < -0.4 is 10.4 Å². The van der Waals surface area contributed by atoms with Crippen molar-refractivity contribution in [2.75, 3.05) is 33.4 Å². The van der Waals surface area contributed by atoms with Crippen LogP contribution in [0.2, 0.25) is 0 Å². The Bertz CT molecular complexity index is 878. The molecule has 0 bridgehead atoms. The lowest BCUT2D eigenvalue weighted by molar-refractivity contribution is -0.134. The molecule has 0 aliphatic carbocycles. The van der Waals surface area contributed by atoms with Crippen molar-refractivity contribution in [1.29, 1.82) is 0 Å². The minimum absolute atomic E-state index is 0.0396. The van der Waals surface area contributed by atoms with Gasteiger partial charge in [-0.3, -0.25) is 9.69 Å². The Hall–Kier alpha value is -2.38. The van der Waals surface area contributed by atoms with Crippen LogP contribution in [0.5, 0.6) is 5.75 Å². The molecule has 2 aromatic rings. The fraction of sp³-hybridized carbons (Fsp3) is 0.500. The second-order valence-corrected chi connectivity index (χ2v) is 7.08. The number of aliphatic hydroxyl groups excluding tert-OH is 1. The molecule has 1 aliphatic rings. The molecule has 1 amide bonds. The summed E-state index contributed by atoms with van der Waals surface area (Å²) in [7, 11) is 1.97. The molecule has 0 saturated carbocycles. The van der Waals surface area contributed by atoms with Crippen LogP contribution in [-0.4, -0.2) is 66.2 Å². The lowest BCUT2D eigenvalue weighted by atomic mass is 10.1. The Kier molecular flexibility index (Phi) is 5.82. The van der Waals surface area contributed by atoms with Crippen LogP contribution in [0.4, 0.5) is 0 Å². The number of likely N-dealkylation sites (tertiary alicyclic amines) is 1. The molecular weight excluding hydrogens is 348 g/mol. The van der Waals surface area contributed by atoms with E-state index in [1.807, 2.05) is 25.8 Å². The summed E-state index contributed by atoms with van der Waals surface area (Å²) in [5.74, 6) is 0.507. The van der Waals surface area contributed by atoms with Crippen LogP contribution in [0.3, 0.4) is 0 Å². The van der Waals surface area contributed by atoms with E-state index in [1.54, 1.807) is 18.2 Å². The van der Waals surface area contributed by atoms with Crippen molar-refractivity contribution in [2.45, 2.75) is 32.4 Å². The molecule has 7 nitrogen and oxygen atoms in total. The number of fused-ring (bicyclic) bond motifs is 1. The number of aryl methyl sites for hydroxylation is 1. The third kappa shape index (κ3) is 4.14. The van der Waals surface area contributed by atoms with E-state index >= 15 is 0 Å². The molecule has 1 N–H and O–H groups in total. The zero-order chi connectivity index (χ0) is 19.6. The molecule has 7 heteroatoms. The standard InChI is InChI=1S/C20H26N2O5/c1-13-10-20(25)27-18-5-4-15(11-16(13)18)26-12-19(24)22-7-6-17(14(22)2)21(3)8-9-23/h4-5,10-11,14,17,23H,6-9,12H2,1-3H3/t14-,17-/m1/s1. The molecule has 2 atom stereocenters. The zero-order valence-electron chi connectivity index (χ0n) is 16.0. The normalized spacial score (nSPS) is 19.8. The predicted octanol–water partition coefficient (Wildman–Crippen LogP) is 1.39. The SMILES string of the molecule is Cc1cc(=O)oc2ccc(OCC(=O)N3CC[C@@H](N(C)CCO)[C@H]3C)cc12. The summed E-state index contributed by atoms with van der Waals surface area (Å²) in [6, 6.07) is 6.92. The average Bonchev–Trinajstić information content (AvgIpc) is 3.01. The quantitative estimate of drug-likeness (QED) is 0.770. The van der Waals surface area contributed by atoms with Gasteiger partial charge in [-0.2, -0.15) is 0 Å². The molecule has 1 aromatic carbocycles. The summed E-state index contributed by atoms with van der Waals surface area (Å²) >= 11 is 0. The number of ether oxygens (including phenoxy) is 1. The number of hydrogen-bond donors (Lipinski definition) is 1. The van der Waals surface area contributed by atoms with Crippen LogP contribution >= 0.6 is 0 Å². The first-order valence-electron chi connectivity index (χ1n) is 9.18. The zero-order valence-corrected chi connectivity index (χ0v) is 16.0. The third-order valence-corrected chi connectivity index (χ3v) is 5.34.